The average Bonchev–Trinajstić information content (AvgIpc) is 2.49. The molecule has 106 valence electrons. The summed E-state index contributed by atoms with van der Waals surface area (Å²) in [5.74, 6) is 2.46. The molecule has 1 aromatic carbocycles. The van der Waals surface area contributed by atoms with Gasteiger partial charge in [-0.2, -0.15) is 0 Å². The number of rotatable bonds is 6. The predicted molar refractivity (Wildman–Crippen MR) is 80.7 cm³/mol. The van der Waals surface area contributed by atoms with Crippen LogP contribution in [0.5, 0.6) is 11.5 Å². The van der Waals surface area contributed by atoms with Crippen LogP contribution in [0.3, 0.4) is 0 Å². The molecular formula is C16H20N2O2. The zero-order valence-electron chi connectivity index (χ0n) is 12.1. The molecule has 2 aromatic rings. The number of ether oxygens (including phenoxy) is 2. The van der Waals surface area contributed by atoms with Gasteiger partial charge in [0.15, 0.2) is 11.5 Å². The number of hydrogen-bond acceptors (Lipinski definition) is 4. The van der Waals surface area contributed by atoms with E-state index < -0.39 is 0 Å². The zero-order valence-corrected chi connectivity index (χ0v) is 12.1. The van der Waals surface area contributed by atoms with E-state index in [1.165, 1.54) is 5.56 Å². The lowest BCUT2D eigenvalue weighted by Gasteiger charge is -2.11. The third-order valence-electron chi connectivity index (χ3n) is 3.16. The fourth-order valence-corrected chi connectivity index (χ4v) is 2.03. The first-order valence-corrected chi connectivity index (χ1v) is 6.61. The van der Waals surface area contributed by atoms with E-state index in [1.807, 2.05) is 37.3 Å². The molecule has 0 fully saturated rings. The van der Waals surface area contributed by atoms with Crippen LogP contribution in [0.4, 0.5) is 5.82 Å². The highest BCUT2D eigenvalue weighted by Crippen LogP contribution is 2.27. The van der Waals surface area contributed by atoms with Crippen LogP contribution in [-0.2, 0) is 6.42 Å². The van der Waals surface area contributed by atoms with Gasteiger partial charge >= 0.3 is 0 Å². The van der Waals surface area contributed by atoms with Crippen molar-refractivity contribution in [3.8, 4) is 11.5 Å². The monoisotopic (exact) mass is 272 g/mol. The predicted octanol–water partition coefficient (Wildman–Crippen LogP) is 3.06. The highest BCUT2D eigenvalue weighted by atomic mass is 16.5. The van der Waals surface area contributed by atoms with E-state index in [0.29, 0.717) is 0 Å². The Morgan fingerprint density at radius 3 is 2.60 bits per heavy atom. The van der Waals surface area contributed by atoms with E-state index in [-0.39, 0.29) is 0 Å². The topological polar surface area (TPSA) is 43.4 Å². The average molecular weight is 272 g/mol. The minimum atomic E-state index is 0.754. The Hall–Kier alpha value is -2.23. The Morgan fingerprint density at radius 2 is 1.90 bits per heavy atom. The molecule has 0 unspecified atom stereocenters. The summed E-state index contributed by atoms with van der Waals surface area (Å²) in [6.07, 6.45) is 2.70. The van der Waals surface area contributed by atoms with Crippen LogP contribution in [-0.4, -0.2) is 25.7 Å². The maximum atomic E-state index is 5.30. The number of pyridine rings is 1. The molecule has 0 saturated carbocycles. The van der Waals surface area contributed by atoms with Crippen molar-refractivity contribution in [3.63, 3.8) is 0 Å². The van der Waals surface area contributed by atoms with Crippen LogP contribution in [0.25, 0.3) is 0 Å². The molecule has 0 atom stereocenters. The number of aromatic nitrogens is 1. The van der Waals surface area contributed by atoms with Gasteiger partial charge in [0.25, 0.3) is 0 Å². The van der Waals surface area contributed by atoms with E-state index in [9.17, 15) is 0 Å². The van der Waals surface area contributed by atoms with E-state index in [1.54, 1.807) is 20.4 Å². The second kappa shape index (κ2) is 6.80. The second-order valence-electron chi connectivity index (χ2n) is 4.54. The van der Waals surface area contributed by atoms with Crippen molar-refractivity contribution in [2.24, 2.45) is 0 Å². The van der Waals surface area contributed by atoms with Crippen molar-refractivity contribution in [2.75, 3.05) is 26.1 Å². The minimum absolute atomic E-state index is 0.754. The summed E-state index contributed by atoms with van der Waals surface area (Å²) in [5, 5.41) is 3.34. The first-order valence-electron chi connectivity index (χ1n) is 6.61. The molecule has 0 saturated heterocycles. The molecular weight excluding hydrogens is 252 g/mol. The SMILES string of the molecule is COc1ccc(CCNc2ncccc2C)cc1OC. The summed E-state index contributed by atoms with van der Waals surface area (Å²) in [5.41, 5.74) is 2.35. The van der Waals surface area contributed by atoms with Crippen LogP contribution in [0.15, 0.2) is 36.5 Å². The molecule has 0 bridgehead atoms. The number of aryl methyl sites for hydroxylation is 1. The summed E-state index contributed by atoms with van der Waals surface area (Å²) < 4.78 is 10.5. The first-order chi connectivity index (χ1) is 9.74. The molecule has 20 heavy (non-hydrogen) atoms. The minimum Gasteiger partial charge on any atom is -0.493 e. The Kier molecular flexibility index (Phi) is 4.82. The Balaban J connectivity index is 1.96. The molecule has 1 aromatic heterocycles. The number of nitrogens with zero attached hydrogens (tertiary/aromatic N) is 1. The van der Waals surface area contributed by atoms with Crippen LogP contribution in [0.1, 0.15) is 11.1 Å². The molecule has 1 N–H and O–H groups in total. The third kappa shape index (κ3) is 3.41. The van der Waals surface area contributed by atoms with Crippen LogP contribution in [0, 0.1) is 6.92 Å². The lowest BCUT2D eigenvalue weighted by molar-refractivity contribution is 0.354. The van der Waals surface area contributed by atoms with E-state index in [0.717, 1.165) is 35.8 Å². The number of methoxy groups -OCH3 is 2. The summed E-state index contributed by atoms with van der Waals surface area (Å²) >= 11 is 0. The van der Waals surface area contributed by atoms with Crippen molar-refractivity contribution in [1.82, 2.24) is 4.98 Å². The third-order valence-corrected chi connectivity index (χ3v) is 3.16. The molecule has 0 aliphatic rings. The fraction of sp³-hybridized carbons (Fsp3) is 0.312. The van der Waals surface area contributed by atoms with Crippen molar-refractivity contribution in [1.29, 1.82) is 0 Å². The van der Waals surface area contributed by atoms with Crippen LogP contribution < -0.4 is 14.8 Å². The van der Waals surface area contributed by atoms with Gasteiger partial charge < -0.3 is 14.8 Å². The quantitative estimate of drug-likeness (QED) is 0.877. The molecule has 0 aliphatic heterocycles. The van der Waals surface area contributed by atoms with Gasteiger partial charge in [-0.15, -0.1) is 0 Å². The van der Waals surface area contributed by atoms with Gasteiger partial charge in [-0.05, 0) is 42.7 Å². The van der Waals surface area contributed by atoms with Gasteiger partial charge in [0, 0.05) is 12.7 Å². The number of benzene rings is 1. The Bertz CT molecular complexity index is 570. The maximum absolute atomic E-state index is 5.30. The number of anilines is 1. The lowest BCUT2D eigenvalue weighted by atomic mass is 10.1. The Morgan fingerprint density at radius 1 is 1.10 bits per heavy atom. The molecule has 0 amide bonds. The zero-order chi connectivity index (χ0) is 14.4. The van der Waals surface area contributed by atoms with E-state index >= 15 is 0 Å². The van der Waals surface area contributed by atoms with Crippen molar-refractivity contribution < 1.29 is 9.47 Å². The van der Waals surface area contributed by atoms with Gasteiger partial charge in [0.2, 0.25) is 0 Å². The van der Waals surface area contributed by atoms with Crippen molar-refractivity contribution >= 4 is 5.82 Å². The molecule has 4 nitrogen and oxygen atoms in total. The molecule has 0 radical (unpaired) electrons. The second-order valence-corrected chi connectivity index (χ2v) is 4.54. The van der Waals surface area contributed by atoms with Gasteiger partial charge in [0.05, 0.1) is 14.2 Å². The van der Waals surface area contributed by atoms with E-state index in [4.69, 9.17) is 9.47 Å². The first kappa shape index (κ1) is 14.2. The van der Waals surface area contributed by atoms with Crippen LogP contribution in [0.2, 0.25) is 0 Å². The molecule has 0 spiro atoms. The highest BCUT2D eigenvalue weighted by molar-refractivity contribution is 5.44. The normalized spacial score (nSPS) is 10.2. The lowest BCUT2D eigenvalue weighted by Crippen LogP contribution is -2.07. The standard InChI is InChI=1S/C16H20N2O2/c1-12-5-4-9-17-16(12)18-10-8-13-6-7-14(19-2)15(11-13)20-3/h4-7,9,11H,8,10H2,1-3H3,(H,17,18). The molecule has 1 heterocycles. The Labute approximate surface area is 119 Å². The van der Waals surface area contributed by atoms with Crippen molar-refractivity contribution in [3.05, 3.63) is 47.7 Å². The highest BCUT2D eigenvalue weighted by Gasteiger charge is 2.04. The van der Waals surface area contributed by atoms with Crippen LogP contribution >= 0.6 is 0 Å². The van der Waals surface area contributed by atoms with Gasteiger partial charge in [0.1, 0.15) is 5.82 Å². The summed E-state index contributed by atoms with van der Waals surface area (Å²) in [6, 6.07) is 9.97. The molecule has 0 aliphatic carbocycles. The van der Waals surface area contributed by atoms with Gasteiger partial charge in [-0.1, -0.05) is 12.1 Å². The number of hydrogen-bond donors (Lipinski definition) is 1. The maximum Gasteiger partial charge on any atom is 0.160 e. The summed E-state index contributed by atoms with van der Waals surface area (Å²) in [7, 11) is 3.29. The smallest absolute Gasteiger partial charge is 0.160 e. The fourth-order valence-electron chi connectivity index (χ4n) is 2.03. The molecule has 4 heteroatoms. The van der Waals surface area contributed by atoms with Gasteiger partial charge in [-0.3, -0.25) is 0 Å². The van der Waals surface area contributed by atoms with Crippen molar-refractivity contribution in [2.45, 2.75) is 13.3 Å². The molecule has 2 rings (SSSR count). The largest absolute Gasteiger partial charge is 0.493 e. The summed E-state index contributed by atoms with van der Waals surface area (Å²) in [6.45, 7) is 2.87. The number of nitrogens with one attached hydrogen (secondary N) is 1. The van der Waals surface area contributed by atoms with Gasteiger partial charge in [-0.25, -0.2) is 4.98 Å². The summed E-state index contributed by atoms with van der Waals surface area (Å²) in [4.78, 5) is 4.31. The van der Waals surface area contributed by atoms with E-state index in [2.05, 4.69) is 10.3 Å².